The third kappa shape index (κ3) is 2.20. The van der Waals surface area contributed by atoms with E-state index in [1.807, 2.05) is 4.57 Å². The summed E-state index contributed by atoms with van der Waals surface area (Å²) >= 11 is 1.54. The predicted molar refractivity (Wildman–Crippen MR) is 54.7 cm³/mol. The van der Waals surface area contributed by atoms with Gasteiger partial charge in [-0.2, -0.15) is 4.98 Å². The number of aromatic nitrogens is 2. The van der Waals surface area contributed by atoms with E-state index in [0.29, 0.717) is 10.9 Å². The first-order chi connectivity index (χ1) is 7.16. The fourth-order valence-electron chi connectivity index (χ4n) is 1.40. The van der Waals surface area contributed by atoms with Crippen LogP contribution in [-0.4, -0.2) is 21.3 Å². The second-order valence-corrected chi connectivity index (χ2v) is 4.21. The number of carbonyl (C=O) groups excluding carboxylic acids is 1. The molecule has 0 amide bonds. The van der Waals surface area contributed by atoms with Crippen LogP contribution in [0.2, 0.25) is 0 Å². The second-order valence-electron chi connectivity index (χ2n) is 3.15. The van der Waals surface area contributed by atoms with Crippen molar-refractivity contribution in [3.63, 3.8) is 0 Å². The van der Waals surface area contributed by atoms with Gasteiger partial charge in [0.25, 0.3) is 5.56 Å². The van der Waals surface area contributed by atoms with E-state index in [0.717, 1.165) is 12.3 Å². The quantitative estimate of drug-likeness (QED) is 0.540. The van der Waals surface area contributed by atoms with Gasteiger partial charge in [0.15, 0.2) is 5.16 Å². The van der Waals surface area contributed by atoms with E-state index in [4.69, 9.17) is 4.74 Å². The minimum atomic E-state index is -0.348. The van der Waals surface area contributed by atoms with Gasteiger partial charge in [0.05, 0.1) is 5.69 Å². The summed E-state index contributed by atoms with van der Waals surface area (Å²) in [7, 11) is 0. The number of carbonyl (C=O) groups is 1. The molecule has 6 heteroatoms. The number of esters is 1. The summed E-state index contributed by atoms with van der Waals surface area (Å²) in [4.78, 5) is 25.8. The topological polar surface area (TPSA) is 61.2 Å². The van der Waals surface area contributed by atoms with Gasteiger partial charge >= 0.3 is 5.97 Å². The minimum Gasteiger partial charge on any atom is -0.459 e. The average Bonchev–Trinajstić information content (AvgIpc) is 2.61. The highest BCUT2D eigenvalue weighted by molar-refractivity contribution is 7.99. The molecule has 1 aliphatic rings. The third-order valence-electron chi connectivity index (χ3n) is 2.04. The first kappa shape index (κ1) is 10.2. The summed E-state index contributed by atoms with van der Waals surface area (Å²) in [6.45, 7) is 2.30. The Morgan fingerprint density at radius 3 is 3.27 bits per heavy atom. The van der Waals surface area contributed by atoms with Crippen LogP contribution in [0.4, 0.5) is 0 Å². The van der Waals surface area contributed by atoms with Crippen molar-refractivity contribution in [3.05, 3.63) is 22.1 Å². The highest BCUT2D eigenvalue weighted by Crippen LogP contribution is 2.23. The molecule has 5 nitrogen and oxygen atoms in total. The summed E-state index contributed by atoms with van der Waals surface area (Å²) in [6.07, 6.45) is 0. The van der Waals surface area contributed by atoms with E-state index in [9.17, 15) is 9.59 Å². The number of hydrogen-bond donors (Lipinski definition) is 0. The van der Waals surface area contributed by atoms with E-state index in [-0.39, 0.29) is 18.1 Å². The van der Waals surface area contributed by atoms with Crippen molar-refractivity contribution >= 4 is 17.7 Å². The Labute approximate surface area is 90.5 Å². The largest absolute Gasteiger partial charge is 0.459 e. The van der Waals surface area contributed by atoms with Gasteiger partial charge in [0.1, 0.15) is 6.61 Å². The van der Waals surface area contributed by atoms with Crippen molar-refractivity contribution in [2.75, 3.05) is 5.75 Å². The van der Waals surface area contributed by atoms with Crippen molar-refractivity contribution in [2.45, 2.75) is 25.2 Å². The molecule has 0 spiro atoms. The Morgan fingerprint density at radius 2 is 2.53 bits per heavy atom. The van der Waals surface area contributed by atoms with Crippen LogP contribution in [-0.2, 0) is 22.7 Å². The molecule has 2 heterocycles. The molecule has 0 radical (unpaired) electrons. The van der Waals surface area contributed by atoms with E-state index in [1.165, 1.54) is 13.0 Å². The standard InChI is InChI=1S/C9H10N2O3S/c1-6(12)14-5-7-4-8(13)10-9-11(7)2-3-15-9/h4H,2-3,5H2,1H3. The smallest absolute Gasteiger partial charge is 0.303 e. The minimum absolute atomic E-state index is 0.140. The van der Waals surface area contributed by atoms with Crippen molar-refractivity contribution in [3.8, 4) is 0 Å². The Bertz CT molecular complexity index is 455. The van der Waals surface area contributed by atoms with Gasteiger partial charge in [0.2, 0.25) is 0 Å². The van der Waals surface area contributed by atoms with Gasteiger partial charge in [0, 0.05) is 25.3 Å². The lowest BCUT2D eigenvalue weighted by Gasteiger charge is -2.09. The van der Waals surface area contributed by atoms with Crippen LogP contribution < -0.4 is 5.56 Å². The third-order valence-corrected chi connectivity index (χ3v) is 3.00. The molecule has 0 aliphatic carbocycles. The highest BCUT2D eigenvalue weighted by atomic mass is 32.2. The first-order valence-corrected chi connectivity index (χ1v) is 5.52. The summed E-state index contributed by atoms with van der Waals surface area (Å²) < 4.78 is 6.78. The molecular weight excluding hydrogens is 216 g/mol. The average molecular weight is 226 g/mol. The van der Waals surface area contributed by atoms with Gasteiger partial charge in [-0.25, -0.2) is 0 Å². The lowest BCUT2D eigenvalue weighted by atomic mass is 10.4. The van der Waals surface area contributed by atoms with Gasteiger partial charge in [-0.15, -0.1) is 0 Å². The molecule has 0 saturated carbocycles. The molecular formula is C9H10N2O3S. The van der Waals surface area contributed by atoms with E-state index in [2.05, 4.69) is 4.98 Å². The summed E-state index contributed by atoms with van der Waals surface area (Å²) in [6, 6.07) is 1.42. The van der Waals surface area contributed by atoms with Crippen LogP contribution in [0.25, 0.3) is 0 Å². The SMILES string of the molecule is CC(=O)OCc1cc(=O)nc2n1CCS2. The second kappa shape index (κ2) is 4.06. The number of rotatable bonds is 2. The Morgan fingerprint density at radius 1 is 1.73 bits per heavy atom. The van der Waals surface area contributed by atoms with Crippen LogP contribution in [0, 0.1) is 0 Å². The molecule has 1 aromatic rings. The predicted octanol–water partition coefficient (Wildman–Crippen LogP) is 0.412. The van der Waals surface area contributed by atoms with E-state index >= 15 is 0 Å². The first-order valence-electron chi connectivity index (χ1n) is 4.54. The van der Waals surface area contributed by atoms with Gasteiger partial charge in [-0.1, -0.05) is 11.8 Å². The van der Waals surface area contributed by atoms with Crippen LogP contribution >= 0.6 is 11.8 Å². The Balaban J connectivity index is 2.30. The maximum absolute atomic E-state index is 11.2. The number of hydrogen-bond acceptors (Lipinski definition) is 5. The fourth-order valence-corrected chi connectivity index (χ4v) is 2.38. The van der Waals surface area contributed by atoms with Crippen molar-refractivity contribution < 1.29 is 9.53 Å². The maximum atomic E-state index is 11.2. The molecule has 15 heavy (non-hydrogen) atoms. The zero-order chi connectivity index (χ0) is 10.8. The lowest BCUT2D eigenvalue weighted by Crippen LogP contribution is -2.17. The molecule has 0 N–H and O–H groups in total. The molecule has 0 aromatic carbocycles. The summed E-state index contributed by atoms with van der Waals surface area (Å²) in [5.74, 6) is 0.558. The van der Waals surface area contributed by atoms with Crippen LogP contribution in [0.5, 0.6) is 0 Å². The zero-order valence-electron chi connectivity index (χ0n) is 8.23. The molecule has 1 aliphatic heterocycles. The van der Waals surface area contributed by atoms with Crippen LogP contribution in [0.3, 0.4) is 0 Å². The molecule has 2 rings (SSSR count). The van der Waals surface area contributed by atoms with E-state index in [1.54, 1.807) is 11.8 Å². The monoisotopic (exact) mass is 226 g/mol. The molecule has 80 valence electrons. The molecule has 1 aromatic heterocycles. The molecule has 0 fully saturated rings. The molecule has 0 atom stereocenters. The highest BCUT2D eigenvalue weighted by Gasteiger charge is 2.16. The molecule has 0 unspecified atom stereocenters. The Hall–Kier alpha value is -1.30. The Kier molecular flexibility index (Phi) is 2.77. The van der Waals surface area contributed by atoms with Gasteiger partial charge < -0.3 is 9.30 Å². The summed E-state index contributed by atoms with van der Waals surface area (Å²) in [5, 5.41) is 0.713. The lowest BCUT2D eigenvalue weighted by molar-refractivity contribution is -0.142. The van der Waals surface area contributed by atoms with E-state index < -0.39 is 0 Å². The fraction of sp³-hybridized carbons (Fsp3) is 0.444. The number of nitrogens with zero attached hydrogens (tertiary/aromatic N) is 2. The zero-order valence-corrected chi connectivity index (χ0v) is 9.04. The number of ether oxygens (including phenoxy) is 1. The van der Waals surface area contributed by atoms with Crippen molar-refractivity contribution in [1.82, 2.24) is 9.55 Å². The molecule has 0 saturated heterocycles. The maximum Gasteiger partial charge on any atom is 0.303 e. The van der Waals surface area contributed by atoms with Crippen molar-refractivity contribution in [1.29, 1.82) is 0 Å². The van der Waals surface area contributed by atoms with Crippen LogP contribution in [0.15, 0.2) is 16.0 Å². The molecule has 0 bridgehead atoms. The van der Waals surface area contributed by atoms with Crippen LogP contribution in [0.1, 0.15) is 12.6 Å². The van der Waals surface area contributed by atoms with Gasteiger partial charge in [-0.3, -0.25) is 9.59 Å². The number of fused-ring (bicyclic) bond motifs is 1. The normalized spacial score (nSPS) is 13.7. The number of thioether (sulfide) groups is 1. The van der Waals surface area contributed by atoms with Gasteiger partial charge in [-0.05, 0) is 0 Å². The van der Waals surface area contributed by atoms with Crippen molar-refractivity contribution in [2.24, 2.45) is 0 Å². The summed E-state index contributed by atoms with van der Waals surface area (Å²) in [5.41, 5.74) is 0.433.